The van der Waals surface area contributed by atoms with Crippen molar-refractivity contribution in [2.45, 2.75) is 0 Å². The third-order valence-electron chi connectivity index (χ3n) is 1.72. The molecule has 2 rings (SSSR count). The number of rotatable bonds is 1. The Morgan fingerprint density at radius 3 is 3.00 bits per heavy atom. The molecule has 2 aromatic rings. The zero-order valence-electron chi connectivity index (χ0n) is 6.65. The predicted molar refractivity (Wildman–Crippen MR) is 46.9 cm³/mol. The monoisotopic (exact) mass is 177 g/mol. The number of primary amides is 1. The fraction of sp³-hybridized carbons (Fsp3) is 0. The largest absolute Gasteiger partial charge is 0.438 e. The first kappa shape index (κ1) is 7.60. The van der Waals surface area contributed by atoms with Crippen LogP contribution in [0.3, 0.4) is 0 Å². The number of aromatic nitrogens is 1. The van der Waals surface area contributed by atoms with Crippen molar-refractivity contribution < 1.29 is 9.21 Å². The molecule has 0 aliphatic rings. The zero-order chi connectivity index (χ0) is 9.42. The number of carbonyl (C=O) groups excluding carboxylic acids is 1. The van der Waals surface area contributed by atoms with E-state index in [1.54, 1.807) is 18.3 Å². The van der Waals surface area contributed by atoms with Crippen molar-refractivity contribution in [1.29, 1.82) is 0 Å². The number of hydrogen-bond donors (Lipinski definition) is 2. The molecule has 66 valence electrons. The summed E-state index contributed by atoms with van der Waals surface area (Å²) in [6.45, 7) is 0. The molecule has 0 fully saturated rings. The Morgan fingerprint density at radius 2 is 2.31 bits per heavy atom. The van der Waals surface area contributed by atoms with Gasteiger partial charge in [0.15, 0.2) is 5.58 Å². The van der Waals surface area contributed by atoms with Crippen LogP contribution in [0.1, 0.15) is 10.4 Å². The first-order chi connectivity index (χ1) is 6.20. The quantitative estimate of drug-likeness (QED) is 0.663. The lowest BCUT2D eigenvalue weighted by Crippen LogP contribution is -2.12. The summed E-state index contributed by atoms with van der Waals surface area (Å²) in [7, 11) is 0. The highest BCUT2D eigenvalue weighted by Gasteiger charge is 2.16. The van der Waals surface area contributed by atoms with E-state index in [2.05, 4.69) is 4.98 Å². The van der Waals surface area contributed by atoms with Gasteiger partial charge in [-0.2, -0.15) is 0 Å². The maximum absolute atomic E-state index is 10.9. The highest BCUT2D eigenvalue weighted by atomic mass is 16.3. The van der Waals surface area contributed by atoms with Crippen LogP contribution in [0, 0.1) is 0 Å². The average Bonchev–Trinajstić information content (AvgIpc) is 2.39. The molecule has 4 N–H and O–H groups in total. The normalized spacial score (nSPS) is 10.5. The molecule has 0 unspecified atom stereocenters. The Morgan fingerprint density at radius 1 is 1.54 bits per heavy atom. The van der Waals surface area contributed by atoms with Gasteiger partial charge in [-0.1, -0.05) is 0 Å². The molecule has 0 saturated carbocycles. The predicted octanol–water partition coefficient (Wildman–Crippen LogP) is 0.509. The summed E-state index contributed by atoms with van der Waals surface area (Å²) >= 11 is 0. The number of hydrogen-bond acceptors (Lipinski definition) is 4. The lowest BCUT2D eigenvalue weighted by atomic mass is 10.2. The van der Waals surface area contributed by atoms with Crippen LogP contribution in [0.5, 0.6) is 0 Å². The molecule has 0 radical (unpaired) electrons. The summed E-state index contributed by atoms with van der Waals surface area (Å²) in [5, 5.41) is 0. The number of fused-ring (bicyclic) bond motifs is 1. The van der Waals surface area contributed by atoms with Gasteiger partial charge < -0.3 is 15.9 Å². The van der Waals surface area contributed by atoms with Crippen LogP contribution < -0.4 is 11.5 Å². The van der Waals surface area contributed by atoms with Crippen LogP contribution >= 0.6 is 0 Å². The Bertz CT molecular complexity index is 475. The van der Waals surface area contributed by atoms with E-state index in [9.17, 15) is 4.79 Å². The number of carbonyl (C=O) groups is 1. The molecule has 13 heavy (non-hydrogen) atoms. The molecular weight excluding hydrogens is 170 g/mol. The average molecular weight is 177 g/mol. The van der Waals surface area contributed by atoms with Crippen LogP contribution in [-0.4, -0.2) is 10.9 Å². The second-order valence-electron chi connectivity index (χ2n) is 2.56. The minimum atomic E-state index is -0.630. The fourth-order valence-electron chi connectivity index (χ4n) is 1.18. The number of nitrogens with two attached hydrogens (primary N) is 2. The maximum Gasteiger partial charge on any atom is 0.256 e. The molecule has 0 spiro atoms. The van der Waals surface area contributed by atoms with Crippen molar-refractivity contribution in [3.05, 3.63) is 23.9 Å². The molecule has 0 aliphatic heterocycles. The number of pyridine rings is 1. The number of amides is 1. The Balaban J connectivity index is 2.86. The highest BCUT2D eigenvalue weighted by molar-refractivity contribution is 6.07. The fourth-order valence-corrected chi connectivity index (χ4v) is 1.18. The Kier molecular flexibility index (Phi) is 1.45. The summed E-state index contributed by atoms with van der Waals surface area (Å²) in [5.74, 6) is -0.615. The highest BCUT2D eigenvalue weighted by Crippen LogP contribution is 2.24. The van der Waals surface area contributed by atoms with Gasteiger partial charge in [0.2, 0.25) is 5.88 Å². The molecule has 0 saturated heterocycles. The summed E-state index contributed by atoms with van der Waals surface area (Å²) in [6.07, 6.45) is 1.55. The molecule has 2 heterocycles. The topological polar surface area (TPSA) is 95.1 Å². The molecule has 2 aromatic heterocycles. The first-order valence-electron chi connectivity index (χ1n) is 3.63. The van der Waals surface area contributed by atoms with Crippen molar-refractivity contribution in [1.82, 2.24) is 4.98 Å². The molecule has 5 heteroatoms. The third kappa shape index (κ3) is 1.01. The van der Waals surface area contributed by atoms with E-state index < -0.39 is 5.91 Å². The third-order valence-corrected chi connectivity index (χ3v) is 1.72. The van der Waals surface area contributed by atoms with Gasteiger partial charge >= 0.3 is 0 Å². The van der Waals surface area contributed by atoms with E-state index in [4.69, 9.17) is 15.9 Å². The van der Waals surface area contributed by atoms with E-state index in [0.717, 1.165) is 0 Å². The maximum atomic E-state index is 10.9. The summed E-state index contributed by atoms with van der Waals surface area (Å²) in [4.78, 5) is 14.9. The minimum absolute atomic E-state index is 0.0150. The van der Waals surface area contributed by atoms with Gasteiger partial charge in [-0.25, -0.2) is 0 Å². The van der Waals surface area contributed by atoms with Crippen molar-refractivity contribution in [2.75, 3.05) is 5.73 Å². The summed E-state index contributed by atoms with van der Waals surface area (Å²) in [5.41, 5.74) is 11.6. The minimum Gasteiger partial charge on any atom is -0.438 e. The Labute approximate surface area is 73.3 Å². The molecule has 0 aromatic carbocycles. The number of furan rings is 1. The molecular formula is C8H7N3O2. The molecule has 0 atom stereocenters. The lowest BCUT2D eigenvalue weighted by molar-refractivity contribution is 0.100. The number of nitrogen functional groups attached to an aromatic ring is 1. The standard InChI is InChI=1S/C8H7N3O2/c9-7(12)5-6-4(13-8(5)10)2-1-3-11-6/h1-3H,10H2,(H2,9,12). The smallest absolute Gasteiger partial charge is 0.256 e. The molecule has 0 aliphatic carbocycles. The zero-order valence-corrected chi connectivity index (χ0v) is 6.65. The molecule has 0 bridgehead atoms. The van der Waals surface area contributed by atoms with E-state index in [-0.39, 0.29) is 11.4 Å². The second kappa shape index (κ2) is 2.48. The van der Waals surface area contributed by atoms with Crippen LogP contribution in [0.25, 0.3) is 11.1 Å². The van der Waals surface area contributed by atoms with Gasteiger partial charge in [-0.15, -0.1) is 0 Å². The van der Waals surface area contributed by atoms with E-state index in [1.807, 2.05) is 0 Å². The second-order valence-corrected chi connectivity index (χ2v) is 2.56. The van der Waals surface area contributed by atoms with Crippen LogP contribution in [-0.2, 0) is 0 Å². The number of nitrogens with zero attached hydrogens (tertiary/aromatic N) is 1. The Hall–Kier alpha value is -2.04. The molecule has 1 amide bonds. The van der Waals surface area contributed by atoms with Gasteiger partial charge in [0, 0.05) is 6.20 Å². The van der Waals surface area contributed by atoms with Gasteiger partial charge in [0.25, 0.3) is 5.91 Å². The summed E-state index contributed by atoms with van der Waals surface area (Å²) < 4.78 is 5.07. The van der Waals surface area contributed by atoms with Crippen molar-refractivity contribution in [3.8, 4) is 0 Å². The van der Waals surface area contributed by atoms with Crippen LogP contribution in [0.2, 0.25) is 0 Å². The van der Waals surface area contributed by atoms with Gasteiger partial charge in [-0.3, -0.25) is 9.78 Å². The molecule has 5 nitrogen and oxygen atoms in total. The van der Waals surface area contributed by atoms with E-state index >= 15 is 0 Å². The SMILES string of the molecule is NC(=O)c1c(N)oc2cccnc12. The lowest BCUT2D eigenvalue weighted by Gasteiger charge is -1.89. The van der Waals surface area contributed by atoms with Crippen molar-refractivity contribution >= 4 is 22.9 Å². The van der Waals surface area contributed by atoms with Crippen LogP contribution in [0.15, 0.2) is 22.7 Å². The van der Waals surface area contributed by atoms with Crippen LogP contribution in [0.4, 0.5) is 5.88 Å². The van der Waals surface area contributed by atoms with Crippen molar-refractivity contribution in [2.24, 2.45) is 5.73 Å². The van der Waals surface area contributed by atoms with Gasteiger partial charge in [0.05, 0.1) is 0 Å². The van der Waals surface area contributed by atoms with Gasteiger partial charge in [-0.05, 0) is 12.1 Å². The van der Waals surface area contributed by atoms with E-state index in [0.29, 0.717) is 11.1 Å². The van der Waals surface area contributed by atoms with Gasteiger partial charge in [0.1, 0.15) is 11.1 Å². The number of anilines is 1. The summed E-state index contributed by atoms with van der Waals surface area (Å²) in [6, 6.07) is 3.36. The van der Waals surface area contributed by atoms with E-state index in [1.165, 1.54) is 0 Å². The first-order valence-corrected chi connectivity index (χ1v) is 3.63. The van der Waals surface area contributed by atoms with Crippen molar-refractivity contribution in [3.63, 3.8) is 0 Å².